The summed E-state index contributed by atoms with van der Waals surface area (Å²) >= 11 is 0. The number of rotatable bonds is 6. The van der Waals surface area contributed by atoms with Crippen molar-refractivity contribution < 1.29 is 9.53 Å². The van der Waals surface area contributed by atoms with E-state index in [4.69, 9.17) is 4.74 Å². The van der Waals surface area contributed by atoms with Crippen molar-refractivity contribution in [2.75, 3.05) is 26.2 Å². The minimum absolute atomic E-state index is 0.178. The smallest absolute Gasteiger partial charge is 0.253 e. The zero-order valence-corrected chi connectivity index (χ0v) is 16.8. The molecule has 2 aromatic carbocycles. The average molecular weight is 379 g/mol. The number of amides is 1. The van der Waals surface area contributed by atoms with Gasteiger partial charge in [-0.1, -0.05) is 24.3 Å². The summed E-state index contributed by atoms with van der Waals surface area (Å²) in [5.41, 5.74) is 3.45. The zero-order valence-electron chi connectivity index (χ0n) is 16.8. The molecule has 4 rings (SSSR count). The molecule has 2 aliphatic rings. The Hall–Kier alpha value is -2.33. The zero-order chi connectivity index (χ0) is 19.3. The number of ether oxygens (including phenoxy) is 1. The van der Waals surface area contributed by atoms with Crippen molar-refractivity contribution in [1.82, 2.24) is 9.80 Å². The van der Waals surface area contributed by atoms with Crippen molar-refractivity contribution in [2.45, 2.75) is 45.2 Å². The molecule has 4 nitrogen and oxygen atoms in total. The topological polar surface area (TPSA) is 32.8 Å². The lowest BCUT2D eigenvalue weighted by molar-refractivity contribution is 0.0793. The van der Waals surface area contributed by atoms with Crippen molar-refractivity contribution in [1.29, 1.82) is 0 Å². The summed E-state index contributed by atoms with van der Waals surface area (Å²) in [5, 5.41) is 0. The van der Waals surface area contributed by atoms with Crippen LogP contribution in [0.2, 0.25) is 0 Å². The second-order valence-corrected chi connectivity index (χ2v) is 7.83. The first-order valence-electron chi connectivity index (χ1n) is 10.6. The summed E-state index contributed by atoms with van der Waals surface area (Å²) in [6.45, 7) is 6.56. The average Bonchev–Trinajstić information content (AvgIpc) is 3.41. The normalized spacial score (nSPS) is 19.9. The maximum absolute atomic E-state index is 12.5. The van der Waals surface area contributed by atoms with Gasteiger partial charge in [0.05, 0.1) is 6.61 Å². The van der Waals surface area contributed by atoms with E-state index in [0.29, 0.717) is 12.6 Å². The van der Waals surface area contributed by atoms with Crippen LogP contribution >= 0.6 is 0 Å². The van der Waals surface area contributed by atoms with Crippen LogP contribution in [0.25, 0.3) is 0 Å². The van der Waals surface area contributed by atoms with E-state index in [1.165, 1.54) is 24.0 Å². The van der Waals surface area contributed by atoms with Crippen LogP contribution < -0.4 is 4.74 Å². The molecule has 148 valence electrons. The van der Waals surface area contributed by atoms with E-state index < -0.39 is 0 Å². The van der Waals surface area contributed by atoms with Crippen molar-refractivity contribution in [3.63, 3.8) is 0 Å². The lowest BCUT2D eigenvalue weighted by atomic mass is 10.0. The van der Waals surface area contributed by atoms with E-state index >= 15 is 0 Å². The molecular formula is C24H30N2O2. The summed E-state index contributed by atoms with van der Waals surface area (Å²) in [6, 6.07) is 17.3. The van der Waals surface area contributed by atoms with Crippen LogP contribution in [0.15, 0.2) is 48.5 Å². The van der Waals surface area contributed by atoms with Gasteiger partial charge >= 0.3 is 0 Å². The molecule has 0 aliphatic carbocycles. The minimum Gasteiger partial charge on any atom is -0.494 e. The molecule has 0 radical (unpaired) electrons. The molecule has 4 heteroatoms. The fourth-order valence-electron chi connectivity index (χ4n) is 4.44. The largest absolute Gasteiger partial charge is 0.494 e. The number of benzene rings is 2. The molecule has 2 fully saturated rings. The summed E-state index contributed by atoms with van der Waals surface area (Å²) in [5.74, 6) is 1.12. The van der Waals surface area contributed by atoms with E-state index in [1.54, 1.807) is 0 Å². The second kappa shape index (κ2) is 8.78. The van der Waals surface area contributed by atoms with Gasteiger partial charge in [0, 0.05) is 31.2 Å². The van der Waals surface area contributed by atoms with Crippen LogP contribution in [0.4, 0.5) is 0 Å². The van der Waals surface area contributed by atoms with Gasteiger partial charge in [0.2, 0.25) is 0 Å². The summed E-state index contributed by atoms with van der Waals surface area (Å²) < 4.78 is 5.57. The molecule has 0 bridgehead atoms. The van der Waals surface area contributed by atoms with Crippen LogP contribution in [-0.2, 0) is 6.54 Å². The molecule has 1 unspecified atom stereocenters. The third kappa shape index (κ3) is 4.22. The van der Waals surface area contributed by atoms with Crippen LogP contribution in [-0.4, -0.2) is 41.9 Å². The van der Waals surface area contributed by atoms with Crippen molar-refractivity contribution in [2.24, 2.45) is 0 Å². The summed E-state index contributed by atoms with van der Waals surface area (Å²) in [6.07, 6.45) is 4.68. The number of carbonyl (C=O) groups is 1. The molecule has 0 spiro atoms. The molecule has 2 aromatic rings. The Kier molecular flexibility index (Phi) is 5.96. The molecule has 2 saturated heterocycles. The molecule has 0 saturated carbocycles. The van der Waals surface area contributed by atoms with E-state index in [2.05, 4.69) is 41.3 Å². The van der Waals surface area contributed by atoms with Crippen LogP contribution in [0.5, 0.6) is 5.75 Å². The maximum Gasteiger partial charge on any atom is 0.253 e. The van der Waals surface area contributed by atoms with Crippen LogP contribution in [0.1, 0.15) is 60.1 Å². The van der Waals surface area contributed by atoms with E-state index in [9.17, 15) is 4.79 Å². The predicted molar refractivity (Wildman–Crippen MR) is 112 cm³/mol. The lowest BCUT2D eigenvalue weighted by Crippen LogP contribution is -2.27. The Labute approximate surface area is 168 Å². The van der Waals surface area contributed by atoms with Gasteiger partial charge in [-0.05, 0) is 74.5 Å². The lowest BCUT2D eigenvalue weighted by Gasteiger charge is -2.25. The third-order valence-corrected chi connectivity index (χ3v) is 5.92. The Morgan fingerprint density at radius 2 is 1.68 bits per heavy atom. The Morgan fingerprint density at radius 3 is 2.36 bits per heavy atom. The number of hydrogen-bond donors (Lipinski definition) is 0. The Bertz CT molecular complexity index is 779. The monoisotopic (exact) mass is 378 g/mol. The number of likely N-dealkylation sites (tertiary alicyclic amines) is 2. The first kappa shape index (κ1) is 19.0. The minimum atomic E-state index is 0.178. The summed E-state index contributed by atoms with van der Waals surface area (Å²) in [7, 11) is 0. The standard InChI is InChI=1S/C24H30N2O2/c1-2-28-22-13-11-20(12-14-22)23-6-5-17-26(23)18-19-7-9-21(10-8-19)24(27)25-15-3-4-16-25/h7-14,23H,2-6,15-18H2,1H3. The summed E-state index contributed by atoms with van der Waals surface area (Å²) in [4.78, 5) is 17.0. The third-order valence-electron chi connectivity index (χ3n) is 5.92. The second-order valence-electron chi connectivity index (χ2n) is 7.83. The molecule has 0 N–H and O–H groups in total. The predicted octanol–water partition coefficient (Wildman–Crippen LogP) is 4.66. The molecule has 0 aromatic heterocycles. The van der Waals surface area contributed by atoms with Gasteiger partial charge in [-0.3, -0.25) is 9.69 Å². The Balaban J connectivity index is 1.40. The first-order chi connectivity index (χ1) is 13.7. The number of carbonyl (C=O) groups excluding carboxylic acids is 1. The van der Waals surface area contributed by atoms with Gasteiger partial charge in [0.15, 0.2) is 0 Å². The van der Waals surface area contributed by atoms with Gasteiger partial charge < -0.3 is 9.64 Å². The highest BCUT2D eigenvalue weighted by atomic mass is 16.5. The highest BCUT2D eigenvalue weighted by molar-refractivity contribution is 5.94. The molecular weight excluding hydrogens is 348 g/mol. The van der Waals surface area contributed by atoms with Gasteiger partial charge in [-0.25, -0.2) is 0 Å². The van der Waals surface area contributed by atoms with E-state index in [0.717, 1.165) is 50.3 Å². The fraction of sp³-hybridized carbons (Fsp3) is 0.458. The van der Waals surface area contributed by atoms with E-state index in [1.807, 2.05) is 24.0 Å². The van der Waals surface area contributed by atoms with Crippen molar-refractivity contribution in [3.05, 3.63) is 65.2 Å². The fourth-order valence-corrected chi connectivity index (χ4v) is 4.44. The van der Waals surface area contributed by atoms with Gasteiger partial charge in [-0.15, -0.1) is 0 Å². The van der Waals surface area contributed by atoms with Crippen LogP contribution in [0, 0.1) is 0 Å². The SMILES string of the molecule is CCOc1ccc(C2CCCN2Cc2ccc(C(=O)N3CCCC3)cc2)cc1. The molecule has 2 aliphatic heterocycles. The molecule has 28 heavy (non-hydrogen) atoms. The highest BCUT2D eigenvalue weighted by Gasteiger charge is 2.26. The first-order valence-corrected chi connectivity index (χ1v) is 10.6. The van der Waals surface area contributed by atoms with E-state index in [-0.39, 0.29) is 5.91 Å². The quantitative estimate of drug-likeness (QED) is 0.733. The number of nitrogens with zero attached hydrogens (tertiary/aromatic N) is 2. The Morgan fingerprint density at radius 1 is 0.964 bits per heavy atom. The molecule has 1 amide bonds. The van der Waals surface area contributed by atoms with Gasteiger partial charge in [0.1, 0.15) is 5.75 Å². The number of hydrogen-bond acceptors (Lipinski definition) is 3. The highest BCUT2D eigenvalue weighted by Crippen LogP contribution is 2.34. The van der Waals surface area contributed by atoms with Crippen LogP contribution in [0.3, 0.4) is 0 Å². The van der Waals surface area contributed by atoms with Gasteiger partial charge in [0.25, 0.3) is 5.91 Å². The molecule has 2 heterocycles. The van der Waals surface area contributed by atoms with Gasteiger partial charge in [-0.2, -0.15) is 0 Å². The van der Waals surface area contributed by atoms with Crippen molar-refractivity contribution >= 4 is 5.91 Å². The molecule has 1 atom stereocenters. The maximum atomic E-state index is 12.5. The van der Waals surface area contributed by atoms with Crippen molar-refractivity contribution in [3.8, 4) is 5.75 Å².